The molecule has 11 heteroatoms. The summed E-state index contributed by atoms with van der Waals surface area (Å²) in [6.45, 7) is 9.74. The lowest BCUT2D eigenvalue weighted by Gasteiger charge is -2.34. The first-order chi connectivity index (χ1) is 17.1. The normalized spacial score (nSPS) is 14.9. The average Bonchev–Trinajstić information content (AvgIpc) is 3.45. The van der Waals surface area contributed by atoms with E-state index in [0.717, 1.165) is 61.8 Å². The van der Waals surface area contributed by atoms with Crippen LogP contribution in [0.1, 0.15) is 11.3 Å². The van der Waals surface area contributed by atoms with E-state index < -0.39 is 0 Å². The molecule has 0 atom stereocenters. The summed E-state index contributed by atoms with van der Waals surface area (Å²) in [4.78, 5) is 27.4. The molecule has 5 aromatic rings. The van der Waals surface area contributed by atoms with E-state index in [0.29, 0.717) is 23.1 Å². The van der Waals surface area contributed by atoms with Gasteiger partial charge in [-0.1, -0.05) is 6.07 Å². The van der Waals surface area contributed by atoms with Crippen molar-refractivity contribution < 1.29 is 0 Å². The largest absolute Gasteiger partial charge is 0.368 e. The SMILES string of the molecule is Cc1c(C)n(CCN2CCN(c3ncccn3)CC2)c2nc(N)n3nc(-c4ccccn4)nc3c12. The summed E-state index contributed by atoms with van der Waals surface area (Å²) in [7, 11) is 0. The molecular formula is C24H27N11. The van der Waals surface area contributed by atoms with Gasteiger partial charge in [-0.2, -0.15) is 9.50 Å². The van der Waals surface area contributed by atoms with Gasteiger partial charge >= 0.3 is 0 Å². The predicted octanol–water partition coefficient (Wildman–Crippen LogP) is 1.95. The summed E-state index contributed by atoms with van der Waals surface area (Å²) in [5, 5.41) is 5.57. The molecule has 5 aromatic heterocycles. The fraction of sp³-hybridized carbons (Fsp3) is 0.333. The third-order valence-electron chi connectivity index (χ3n) is 6.81. The molecule has 35 heavy (non-hydrogen) atoms. The maximum atomic E-state index is 6.34. The number of anilines is 2. The third-order valence-corrected chi connectivity index (χ3v) is 6.81. The predicted molar refractivity (Wildman–Crippen MR) is 134 cm³/mol. The van der Waals surface area contributed by atoms with Crippen LogP contribution < -0.4 is 10.6 Å². The number of aromatic nitrogens is 8. The minimum absolute atomic E-state index is 0.317. The monoisotopic (exact) mass is 469 g/mol. The lowest BCUT2D eigenvalue weighted by Crippen LogP contribution is -2.47. The zero-order valence-electron chi connectivity index (χ0n) is 19.8. The quantitative estimate of drug-likeness (QED) is 0.412. The molecule has 0 amide bonds. The Bertz CT molecular complexity index is 1480. The Kier molecular flexibility index (Phi) is 5.25. The van der Waals surface area contributed by atoms with Crippen LogP contribution in [-0.4, -0.2) is 76.7 Å². The van der Waals surface area contributed by atoms with E-state index in [4.69, 9.17) is 15.7 Å². The van der Waals surface area contributed by atoms with Crippen molar-refractivity contribution in [3.8, 4) is 11.5 Å². The van der Waals surface area contributed by atoms with Gasteiger partial charge in [-0.15, -0.1) is 5.10 Å². The molecule has 11 nitrogen and oxygen atoms in total. The van der Waals surface area contributed by atoms with Gasteiger partial charge in [-0.3, -0.25) is 9.88 Å². The van der Waals surface area contributed by atoms with Crippen LogP contribution in [0, 0.1) is 13.8 Å². The number of pyridine rings is 1. The molecule has 6 rings (SSSR count). The molecule has 0 spiro atoms. The molecule has 178 valence electrons. The van der Waals surface area contributed by atoms with Crippen molar-refractivity contribution in [2.75, 3.05) is 43.4 Å². The van der Waals surface area contributed by atoms with Crippen LogP contribution in [0.5, 0.6) is 0 Å². The van der Waals surface area contributed by atoms with E-state index in [1.54, 1.807) is 23.1 Å². The van der Waals surface area contributed by atoms with E-state index in [-0.39, 0.29) is 0 Å². The van der Waals surface area contributed by atoms with Gasteiger partial charge in [0.05, 0.1) is 5.39 Å². The van der Waals surface area contributed by atoms with Gasteiger partial charge < -0.3 is 15.2 Å². The van der Waals surface area contributed by atoms with Gasteiger partial charge in [-0.25, -0.2) is 15.0 Å². The molecule has 0 saturated carbocycles. The van der Waals surface area contributed by atoms with Crippen LogP contribution in [0.2, 0.25) is 0 Å². The number of aryl methyl sites for hydroxylation is 1. The molecule has 1 fully saturated rings. The minimum Gasteiger partial charge on any atom is -0.368 e. The maximum absolute atomic E-state index is 6.34. The fourth-order valence-electron chi connectivity index (χ4n) is 4.76. The van der Waals surface area contributed by atoms with Gasteiger partial charge in [0, 0.05) is 63.6 Å². The molecule has 0 aliphatic carbocycles. The Morgan fingerprint density at radius 2 is 1.63 bits per heavy atom. The van der Waals surface area contributed by atoms with Crippen LogP contribution in [0.4, 0.5) is 11.9 Å². The highest BCUT2D eigenvalue weighted by Gasteiger charge is 2.22. The van der Waals surface area contributed by atoms with Gasteiger partial charge in [0.15, 0.2) is 5.65 Å². The molecule has 0 aromatic carbocycles. The average molecular weight is 470 g/mol. The van der Waals surface area contributed by atoms with Crippen molar-refractivity contribution in [3.63, 3.8) is 0 Å². The summed E-state index contributed by atoms with van der Waals surface area (Å²) in [5.41, 5.74) is 10.9. The first kappa shape index (κ1) is 21.4. The first-order valence-electron chi connectivity index (χ1n) is 11.8. The van der Waals surface area contributed by atoms with Crippen molar-refractivity contribution in [3.05, 3.63) is 54.1 Å². The van der Waals surface area contributed by atoms with Crippen LogP contribution >= 0.6 is 0 Å². The second-order valence-electron chi connectivity index (χ2n) is 8.79. The van der Waals surface area contributed by atoms with Crippen LogP contribution in [0.15, 0.2) is 42.9 Å². The summed E-state index contributed by atoms with van der Waals surface area (Å²) < 4.78 is 3.87. The number of rotatable bonds is 5. The zero-order chi connectivity index (χ0) is 23.9. The lowest BCUT2D eigenvalue weighted by molar-refractivity contribution is 0.247. The Morgan fingerprint density at radius 1 is 0.857 bits per heavy atom. The third kappa shape index (κ3) is 3.73. The van der Waals surface area contributed by atoms with Crippen LogP contribution in [-0.2, 0) is 6.54 Å². The highest BCUT2D eigenvalue weighted by Crippen LogP contribution is 2.29. The van der Waals surface area contributed by atoms with Crippen molar-refractivity contribution in [1.82, 2.24) is 44.0 Å². The van der Waals surface area contributed by atoms with Gasteiger partial charge in [0.1, 0.15) is 11.3 Å². The van der Waals surface area contributed by atoms with E-state index in [2.05, 4.69) is 48.3 Å². The zero-order valence-corrected chi connectivity index (χ0v) is 19.8. The van der Waals surface area contributed by atoms with Crippen LogP contribution in [0.25, 0.3) is 28.2 Å². The summed E-state index contributed by atoms with van der Waals surface area (Å²) in [6, 6.07) is 7.53. The Hall–Kier alpha value is -4.12. The number of nitrogens with two attached hydrogens (primary N) is 1. The van der Waals surface area contributed by atoms with Crippen LogP contribution in [0.3, 0.4) is 0 Å². The minimum atomic E-state index is 0.317. The number of hydrogen-bond acceptors (Lipinski definition) is 9. The first-order valence-corrected chi connectivity index (χ1v) is 11.8. The Morgan fingerprint density at radius 3 is 2.37 bits per heavy atom. The standard InChI is InChI=1S/C24H27N11/c1-16-17(2)34(15-12-32-10-13-33(14-11-32)24-27-8-5-9-28-24)21-19(16)22-29-20(18-6-3-4-7-26-18)31-35(22)23(25)30-21/h3-9H,10-15H2,1-2H3,(H2,25,30). The van der Waals surface area contributed by atoms with Gasteiger partial charge in [0.25, 0.3) is 0 Å². The molecule has 1 aliphatic rings. The number of hydrogen-bond donors (Lipinski definition) is 1. The smallest absolute Gasteiger partial charge is 0.225 e. The number of nitrogens with zero attached hydrogens (tertiary/aromatic N) is 10. The van der Waals surface area contributed by atoms with E-state index in [1.165, 1.54) is 5.69 Å². The van der Waals surface area contributed by atoms with Crippen molar-refractivity contribution in [2.24, 2.45) is 0 Å². The van der Waals surface area contributed by atoms with Gasteiger partial charge in [-0.05, 0) is 37.6 Å². The molecule has 0 radical (unpaired) electrons. The van der Waals surface area contributed by atoms with E-state index in [1.807, 2.05) is 24.3 Å². The van der Waals surface area contributed by atoms with Crippen molar-refractivity contribution in [2.45, 2.75) is 20.4 Å². The molecule has 2 N–H and O–H groups in total. The highest BCUT2D eigenvalue weighted by molar-refractivity contribution is 5.95. The molecule has 6 heterocycles. The van der Waals surface area contributed by atoms with Crippen molar-refractivity contribution >= 4 is 28.6 Å². The highest BCUT2D eigenvalue weighted by atomic mass is 15.4. The van der Waals surface area contributed by atoms with Crippen molar-refractivity contribution in [1.29, 1.82) is 0 Å². The molecular weight excluding hydrogens is 442 g/mol. The molecule has 0 bridgehead atoms. The second kappa shape index (κ2) is 8.58. The summed E-state index contributed by atoms with van der Waals surface area (Å²) in [6.07, 6.45) is 5.32. The Labute approximate surface area is 202 Å². The molecule has 1 aliphatic heterocycles. The summed E-state index contributed by atoms with van der Waals surface area (Å²) >= 11 is 0. The summed E-state index contributed by atoms with van der Waals surface area (Å²) in [5.74, 6) is 1.66. The Balaban J connectivity index is 1.26. The lowest BCUT2D eigenvalue weighted by atomic mass is 10.2. The number of nitrogen functional groups attached to an aromatic ring is 1. The number of piperazine rings is 1. The second-order valence-corrected chi connectivity index (χ2v) is 8.79. The molecule has 0 unspecified atom stereocenters. The maximum Gasteiger partial charge on any atom is 0.225 e. The number of fused-ring (bicyclic) bond motifs is 3. The van der Waals surface area contributed by atoms with Gasteiger partial charge in [0.2, 0.25) is 17.7 Å². The van der Waals surface area contributed by atoms with E-state index >= 15 is 0 Å². The van der Waals surface area contributed by atoms with E-state index in [9.17, 15) is 0 Å². The fourth-order valence-corrected chi connectivity index (χ4v) is 4.76. The molecule has 1 saturated heterocycles. The topological polar surface area (TPSA) is 119 Å².